The van der Waals surface area contributed by atoms with Crippen LogP contribution in [0.25, 0.3) is 10.9 Å². The van der Waals surface area contributed by atoms with Crippen molar-refractivity contribution in [3.8, 4) is 0 Å². The number of carboxylic acid groups (broad SMARTS) is 1. The highest BCUT2D eigenvalue weighted by atomic mass is 32.2. The minimum Gasteiger partial charge on any atom is -0.480 e. The Bertz CT molecular complexity index is 615. The number of rotatable bonds is 6. The van der Waals surface area contributed by atoms with E-state index in [0.717, 1.165) is 15.9 Å². The van der Waals surface area contributed by atoms with E-state index in [1.807, 2.05) is 24.3 Å². The van der Waals surface area contributed by atoms with Crippen molar-refractivity contribution in [2.45, 2.75) is 23.9 Å². The average molecular weight is 291 g/mol. The van der Waals surface area contributed by atoms with Crippen LogP contribution in [0, 0.1) is 0 Å². The van der Waals surface area contributed by atoms with Gasteiger partial charge in [0.15, 0.2) is 0 Å². The Hall–Kier alpha value is -1.66. The third-order valence-corrected chi connectivity index (χ3v) is 4.38. The minimum absolute atomic E-state index is 0.516. The topological polar surface area (TPSA) is 75.1 Å². The van der Waals surface area contributed by atoms with Crippen LogP contribution in [0.5, 0.6) is 0 Å². The van der Waals surface area contributed by atoms with Gasteiger partial charge in [-0.05, 0) is 26.5 Å². The molecule has 1 aromatic carbocycles. The quantitative estimate of drug-likeness (QED) is 0.627. The molecule has 5 nitrogen and oxygen atoms in total. The molecule has 0 spiro atoms. The van der Waals surface area contributed by atoms with Gasteiger partial charge >= 0.3 is 5.97 Å². The number of likely N-dealkylation sites (N-methyl/N-ethyl adjacent to an activating group) is 1. The first kappa shape index (κ1) is 14.7. The van der Waals surface area contributed by atoms with Crippen LogP contribution in [0.15, 0.2) is 35.6 Å². The van der Waals surface area contributed by atoms with E-state index >= 15 is 0 Å². The highest BCUT2D eigenvalue weighted by Crippen LogP contribution is 2.26. The summed E-state index contributed by atoms with van der Waals surface area (Å²) >= 11 is 1.56. The number of thioether (sulfide) groups is 1. The summed E-state index contributed by atoms with van der Waals surface area (Å²) in [7, 11) is 1.67. The van der Waals surface area contributed by atoms with Gasteiger partial charge < -0.3 is 10.4 Å². The van der Waals surface area contributed by atoms with Gasteiger partial charge in [0, 0.05) is 11.1 Å². The molecule has 20 heavy (non-hydrogen) atoms. The maximum absolute atomic E-state index is 11.2. The summed E-state index contributed by atoms with van der Waals surface area (Å²) in [6.45, 7) is 1.69. The van der Waals surface area contributed by atoms with Gasteiger partial charge in [0.2, 0.25) is 0 Å². The molecule has 0 aliphatic rings. The van der Waals surface area contributed by atoms with Gasteiger partial charge in [-0.1, -0.05) is 18.2 Å². The second kappa shape index (κ2) is 6.19. The molecular weight excluding hydrogens is 274 g/mol. The number of aromatic nitrogens is 2. The summed E-state index contributed by atoms with van der Waals surface area (Å²) in [5.41, 5.74) is -0.00449. The van der Waals surface area contributed by atoms with Crippen molar-refractivity contribution in [1.82, 2.24) is 15.3 Å². The lowest BCUT2D eigenvalue weighted by Crippen LogP contribution is -2.47. The van der Waals surface area contributed by atoms with E-state index in [0.29, 0.717) is 12.2 Å². The fourth-order valence-electron chi connectivity index (χ4n) is 1.79. The predicted molar refractivity (Wildman–Crippen MR) is 80.0 cm³/mol. The number of nitrogens with zero attached hydrogens (tertiary/aromatic N) is 2. The predicted octanol–water partition coefficient (Wildman–Crippen LogP) is 2.17. The normalized spacial score (nSPS) is 14.1. The van der Waals surface area contributed by atoms with E-state index < -0.39 is 11.5 Å². The molecule has 2 rings (SSSR count). The van der Waals surface area contributed by atoms with E-state index in [1.54, 1.807) is 32.1 Å². The first-order valence-electron chi connectivity index (χ1n) is 6.32. The Balaban J connectivity index is 2.09. The lowest BCUT2D eigenvalue weighted by Gasteiger charge is -2.23. The van der Waals surface area contributed by atoms with Gasteiger partial charge in [-0.25, -0.2) is 9.97 Å². The SMILES string of the molecule is CNC(C)(CCSc1ncnc2ccccc12)C(=O)O. The molecule has 0 bridgehead atoms. The molecule has 0 radical (unpaired) electrons. The second-order valence-corrected chi connectivity index (χ2v) is 5.77. The number of nitrogens with one attached hydrogen (secondary N) is 1. The molecule has 106 valence electrons. The number of hydrogen-bond acceptors (Lipinski definition) is 5. The summed E-state index contributed by atoms with van der Waals surface area (Å²) in [4.78, 5) is 19.7. The van der Waals surface area contributed by atoms with E-state index in [-0.39, 0.29) is 0 Å². The summed E-state index contributed by atoms with van der Waals surface area (Å²) in [6.07, 6.45) is 2.06. The zero-order valence-electron chi connectivity index (χ0n) is 11.5. The fraction of sp³-hybridized carbons (Fsp3) is 0.357. The van der Waals surface area contributed by atoms with Crippen molar-refractivity contribution in [2.75, 3.05) is 12.8 Å². The Morgan fingerprint density at radius 2 is 2.15 bits per heavy atom. The van der Waals surface area contributed by atoms with Crippen LogP contribution in [0.4, 0.5) is 0 Å². The fourth-order valence-corrected chi connectivity index (χ4v) is 2.94. The molecule has 2 aromatic rings. The molecule has 0 aliphatic carbocycles. The standard InChI is InChI=1S/C14H17N3O2S/c1-14(15-2,13(18)19)7-8-20-12-10-5-3-4-6-11(10)16-9-17-12/h3-6,9,15H,7-8H2,1-2H3,(H,18,19). The number of carbonyl (C=O) groups is 1. The van der Waals surface area contributed by atoms with Crippen LogP contribution in [-0.4, -0.2) is 39.4 Å². The van der Waals surface area contributed by atoms with Crippen LogP contribution in [0.1, 0.15) is 13.3 Å². The van der Waals surface area contributed by atoms with Gasteiger partial charge in [-0.2, -0.15) is 0 Å². The van der Waals surface area contributed by atoms with Crippen molar-refractivity contribution in [3.63, 3.8) is 0 Å². The molecule has 2 N–H and O–H groups in total. The van der Waals surface area contributed by atoms with Gasteiger partial charge in [0.05, 0.1) is 5.52 Å². The van der Waals surface area contributed by atoms with Crippen LogP contribution in [0.2, 0.25) is 0 Å². The molecule has 0 amide bonds. The number of fused-ring (bicyclic) bond motifs is 1. The Morgan fingerprint density at radius 3 is 2.85 bits per heavy atom. The van der Waals surface area contributed by atoms with Crippen molar-refractivity contribution in [1.29, 1.82) is 0 Å². The van der Waals surface area contributed by atoms with Gasteiger partial charge in [0.1, 0.15) is 16.9 Å². The highest BCUT2D eigenvalue weighted by molar-refractivity contribution is 7.99. The molecule has 0 aliphatic heterocycles. The monoisotopic (exact) mass is 291 g/mol. The number of hydrogen-bond donors (Lipinski definition) is 2. The summed E-state index contributed by atoms with van der Waals surface area (Å²) in [5, 5.41) is 13.9. The molecule has 1 aromatic heterocycles. The molecule has 1 atom stereocenters. The minimum atomic E-state index is -0.907. The number of para-hydroxylation sites is 1. The van der Waals surface area contributed by atoms with Crippen molar-refractivity contribution >= 4 is 28.6 Å². The van der Waals surface area contributed by atoms with Gasteiger partial charge in [0.25, 0.3) is 0 Å². The second-order valence-electron chi connectivity index (χ2n) is 4.68. The Labute approximate surface area is 121 Å². The largest absolute Gasteiger partial charge is 0.480 e. The van der Waals surface area contributed by atoms with E-state index in [4.69, 9.17) is 0 Å². The highest BCUT2D eigenvalue weighted by Gasteiger charge is 2.30. The lowest BCUT2D eigenvalue weighted by molar-refractivity contribution is -0.144. The number of carboxylic acids is 1. The zero-order chi connectivity index (χ0) is 14.6. The summed E-state index contributed by atoms with van der Waals surface area (Å²) in [6, 6.07) is 7.80. The number of aliphatic carboxylic acids is 1. The number of benzene rings is 1. The third-order valence-electron chi connectivity index (χ3n) is 3.37. The maximum Gasteiger partial charge on any atom is 0.323 e. The Morgan fingerprint density at radius 1 is 1.40 bits per heavy atom. The Kier molecular flexibility index (Phi) is 4.57. The van der Waals surface area contributed by atoms with Crippen LogP contribution < -0.4 is 5.32 Å². The van der Waals surface area contributed by atoms with Crippen LogP contribution in [-0.2, 0) is 4.79 Å². The van der Waals surface area contributed by atoms with Crippen molar-refractivity contribution in [2.24, 2.45) is 0 Å². The average Bonchev–Trinajstić information content (AvgIpc) is 2.47. The smallest absolute Gasteiger partial charge is 0.323 e. The van der Waals surface area contributed by atoms with Crippen LogP contribution >= 0.6 is 11.8 Å². The first-order chi connectivity index (χ1) is 9.57. The first-order valence-corrected chi connectivity index (χ1v) is 7.30. The van der Waals surface area contributed by atoms with E-state index in [9.17, 15) is 9.90 Å². The molecule has 1 heterocycles. The zero-order valence-corrected chi connectivity index (χ0v) is 12.3. The van der Waals surface area contributed by atoms with E-state index in [1.165, 1.54) is 0 Å². The molecule has 1 unspecified atom stereocenters. The molecule has 0 saturated heterocycles. The molecular formula is C14H17N3O2S. The lowest BCUT2D eigenvalue weighted by atomic mass is 10.00. The van der Waals surface area contributed by atoms with Crippen molar-refractivity contribution in [3.05, 3.63) is 30.6 Å². The van der Waals surface area contributed by atoms with Gasteiger partial charge in [-0.15, -0.1) is 11.8 Å². The molecule has 0 saturated carbocycles. The summed E-state index contributed by atoms with van der Waals surface area (Å²) in [5.74, 6) is -0.168. The third kappa shape index (κ3) is 3.08. The molecule has 0 fully saturated rings. The summed E-state index contributed by atoms with van der Waals surface area (Å²) < 4.78 is 0. The van der Waals surface area contributed by atoms with Crippen LogP contribution in [0.3, 0.4) is 0 Å². The van der Waals surface area contributed by atoms with Crippen molar-refractivity contribution < 1.29 is 9.90 Å². The maximum atomic E-state index is 11.2. The van der Waals surface area contributed by atoms with Gasteiger partial charge in [-0.3, -0.25) is 4.79 Å². The molecule has 6 heteroatoms. The van der Waals surface area contributed by atoms with E-state index in [2.05, 4.69) is 15.3 Å².